The number of aromatic nitrogens is 2. The number of halogens is 1. The zero-order valence-corrected chi connectivity index (χ0v) is 16.2. The van der Waals surface area contributed by atoms with Crippen LogP contribution in [-0.2, 0) is 11.3 Å². The Bertz CT molecular complexity index is 814. The van der Waals surface area contributed by atoms with Crippen molar-refractivity contribution in [2.24, 2.45) is 4.99 Å². The minimum atomic E-state index is 0.107. The number of hydrogen-bond acceptors (Lipinski definition) is 5. The third-order valence-electron chi connectivity index (χ3n) is 4.27. The molecule has 0 saturated carbocycles. The molecule has 0 bridgehead atoms. The maximum atomic E-state index is 11.5. The predicted molar refractivity (Wildman–Crippen MR) is 103 cm³/mol. The van der Waals surface area contributed by atoms with Gasteiger partial charge in [0.2, 0.25) is 17.6 Å². The summed E-state index contributed by atoms with van der Waals surface area (Å²) >= 11 is 6.01. The molecule has 1 saturated heterocycles. The average molecular weight is 391 g/mol. The highest BCUT2D eigenvalue weighted by Crippen LogP contribution is 2.20. The maximum absolute atomic E-state index is 11.5. The molecule has 0 spiro atoms. The first kappa shape index (κ1) is 19.2. The summed E-state index contributed by atoms with van der Waals surface area (Å²) < 4.78 is 5.31. The van der Waals surface area contributed by atoms with Crippen LogP contribution in [0.5, 0.6) is 0 Å². The van der Waals surface area contributed by atoms with Crippen molar-refractivity contribution in [2.45, 2.75) is 20.4 Å². The fourth-order valence-electron chi connectivity index (χ4n) is 2.87. The van der Waals surface area contributed by atoms with E-state index in [1.807, 2.05) is 24.0 Å². The Morgan fingerprint density at radius 1 is 1.30 bits per heavy atom. The predicted octanol–water partition coefficient (Wildman–Crippen LogP) is 2.02. The standard InChI is InChI=1S/C18H23ClN6O2/c1-3-20-18(25-9-7-24(8-10-25)13(2)26)21-12-16-22-17(23-27-16)14-5-4-6-15(19)11-14/h4-6,11H,3,7-10,12H2,1-2H3,(H,20,21). The van der Waals surface area contributed by atoms with Crippen molar-refractivity contribution in [2.75, 3.05) is 32.7 Å². The maximum Gasteiger partial charge on any atom is 0.248 e. The molecule has 144 valence electrons. The third kappa shape index (κ3) is 4.97. The van der Waals surface area contributed by atoms with Crippen LogP contribution in [0.3, 0.4) is 0 Å². The van der Waals surface area contributed by atoms with Gasteiger partial charge < -0.3 is 19.6 Å². The molecule has 1 aliphatic heterocycles. The molecule has 0 radical (unpaired) electrons. The van der Waals surface area contributed by atoms with Crippen LogP contribution in [0, 0.1) is 0 Å². The van der Waals surface area contributed by atoms with Crippen molar-refractivity contribution in [3.63, 3.8) is 0 Å². The molecule has 1 aromatic heterocycles. The topological polar surface area (TPSA) is 86.9 Å². The monoisotopic (exact) mass is 390 g/mol. The minimum Gasteiger partial charge on any atom is -0.357 e. The van der Waals surface area contributed by atoms with E-state index in [4.69, 9.17) is 16.1 Å². The van der Waals surface area contributed by atoms with E-state index in [0.717, 1.165) is 31.2 Å². The first-order chi connectivity index (χ1) is 13.1. The number of rotatable bonds is 4. The van der Waals surface area contributed by atoms with E-state index in [0.29, 0.717) is 29.8 Å². The number of guanidine groups is 1. The molecule has 0 atom stereocenters. The first-order valence-electron chi connectivity index (χ1n) is 8.94. The van der Waals surface area contributed by atoms with Gasteiger partial charge in [-0.2, -0.15) is 4.98 Å². The van der Waals surface area contributed by atoms with Crippen LogP contribution >= 0.6 is 11.6 Å². The Balaban J connectivity index is 1.66. The van der Waals surface area contributed by atoms with E-state index in [1.54, 1.807) is 19.1 Å². The van der Waals surface area contributed by atoms with Crippen molar-refractivity contribution in [1.82, 2.24) is 25.3 Å². The van der Waals surface area contributed by atoms with Gasteiger partial charge in [-0.15, -0.1) is 0 Å². The number of hydrogen-bond donors (Lipinski definition) is 1. The molecule has 8 nitrogen and oxygen atoms in total. The summed E-state index contributed by atoms with van der Waals surface area (Å²) in [5, 5.41) is 7.90. The second-order valence-corrected chi connectivity index (χ2v) is 6.62. The smallest absolute Gasteiger partial charge is 0.248 e. The number of amides is 1. The summed E-state index contributed by atoms with van der Waals surface area (Å²) in [6.07, 6.45) is 0. The largest absolute Gasteiger partial charge is 0.357 e. The van der Waals surface area contributed by atoms with Gasteiger partial charge in [0.15, 0.2) is 5.96 Å². The lowest BCUT2D eigenvalue weighted by Crippen LogP contribution is -2.53. The minimum absolute atomic E-state index is 0.107. The molecular weight excluding hydrogens is 368 g/mol. The van der Waals surface area contributed by atoms with E-state index in [2.05, 4.69) is 25.3 Å². The number of aliphatic imine (C=N–C) groups is 1. The zero-order chi connectivity index (χ0) is 19.2. The van der Waals surface area contributed by atoms with Gasteiger partial charge in [-0.3, -0.25) is 4.79 Å². The quantitative estimate of drug-likeness (QED) is 0.634. The first-order valence-corrected chi connectivity index (χ1v) is 9.32. The summed E-state index contributed by atoms with van der Waals surface area (Å²) in [5.41, 5.74) is 0.800. The third-order valence-corrected chi connectivity index (χ3v) is 4.51. The molecule has 1 fully saturated rings. The van der Waals surface area contributed by atoms with Gasteiger partial charge in [0.1, 0.15) is 6.54 Å². The average Bonchev–Trinajstić information content (AvgIpc) is 3.14. The van der Waals surface area contributed by atoms with E-state index < -0.39 is 0 Å². The van der Waals surface area contributed by atoms with E-state index in [9.17, 15) is 4.79 Å². The van der Waals surface area contributed by atoms with Crippen molar-refractivity contribution >= 4 is 23.5 Å². The number of carbonyl (C=O) groups is 1. The molecule has 2 heterocycles. The molecule has 3 rings (SSSR count). The normalized spacial score (nSPS) is 15.1. The highest BCUT2D eigenvalue weighted by molar-refractivity contribution is 6.30. The second-order valence-electron chi connectivity index (χ2n) is 6.19. The fourth-order valence-corrected chi connectivity index (χ4v) is 3.06. The van der Waals surface area contributed by atoms with Gasteiger partial charge in [0, 0.05) is 50.2 Å². The number of carbonyl (C=O) groups excluding carboxylic acids is 1. The van der Waals surface area contributed by atoms with Crippen LogP contribution in [0.2, 0.25) is 5.02 Å². The van der Waals surface area contributed by atoms with Gasteiger partial charge in [-0.25, -0.2) is 4.99 Å². The molecule has 1 N–H and O–H groups in total. The highest BCUT2D eigenvalue weighted by atomic mass is 35.5. The molecule has 1 aliphatic rings. The van der Waals surface area contributed by atoms with Crippen LogP contribution < -0.4 is 5.32 Å². The molecule has 9 heteroatoms. The van der Waals surface area contributed by atoms with Crippen LogP contribution in [0.1, 0.15) is 19.7 Å². The molecule has 0 aliphatic carbocycles. The van der Waals surface area contributed by atoms with Gasteiger partial charge in [-0.05, 0) is 19.1 Å². The van der Waals surface area contributed by atoms with E-state index in [-0.39, 0.29) is 12.5 Å². The molecular formula is C18H23ClN6O2. The molecule has 27 heavy (non-hydrogen) atoms. The Labute approximate surface area is 163 Å². The van der Waals surface area contributed by atoms with E-state index in [1.165, 1.54) is 0 Å². The number of nitrogens with zero attached hydrogens (tertiary/aromatic N) is 5. The summed E-state index contributed by atoms with van der Waals surface area (Å²) in [7, 11) is 0. The molecule has 0 unspecified atom stereocenters. The SMILES string of the molecule is CCNC(=NCc1nc(-c2cccc(Cl)c2)no1)N1CCN(C(C)=O)CC1. The van der Waals surface area contributed by atoms with Crippen LogP contribution in [0.4, 0.5) is 0 Å². The van der Waals surface area contributed by atoms with Crippen molar-refractivity contribution in [1.29, 1.82) is 0 Å². The molecule has 1 aromatic carbocycles. The fraction of sp³-hybridized carbons (Fsp3) is 0.444. The number of piperazine rings is 1. The number of benzene rings is 1. The van der Waals surface area contributed by atoms with Crippen LogP contribution in [-0.4, -0.2) is 64.5 Å². The summed E-state index contributed by atoms with van der Waals surface area (Å²) in [6.45, 7) is 7.52. The van der Waals surface area contributed by atoms with Crippen molar-refractivity contribution < 1.29 is 9.32 Å². The lowest BCUT2D eigenvalue weighted by Gasteiger charge is -2.36. The van der Waals surface area contributed by atoms with Gasteiger partial charge >= 0.3 is 0 Å². The van der Waals surface area contributed by atoms with Crippen LogP contribution in [0.25, 0.3) is 11.4 Å². The highest BCUT2D eigenvalue weighted by Gasteiger charge is 2.21. The second kappa shape index (κ2) is 8.85. The summed E-state index contributed by atoms with van der Waals surface area (Å²) in [6, 6.07) is 7.31. The van der Waals surface area contributed by atoms with Gasteiger partial charge in [0.05, 0.1) is 0 Å². The lowest BCUT2D eigenvalue weighted by molar-refractivity contribution is -0.130. The Morgan fingerprint density at radius 2 is 2.04 bits per heavy atom. The van der Waals surface area contributed by atoms with Gasteiger partial charge in [0.25, 0.3) is 0 Å². The van der Waals surface area contributed by atoms with Crippen molar-refractivity contribution in [3.05, 3.63) is 35.2 Å². The molecule has 2 aromatic rings. The zero-order valence-electron chi connectivity index (χ0n) is 15.5. The van der Waals surface area contributed by atoms with Gasteiger partial charge in [-0.1, -0.05) is 28.9 Å². The Morgan fingerprint density at radius 3 is 2.70 bits per heavy atom. The Kier molecular flexibility index (Phi) is 6.28. The van der Waals surface area contributed by atoms with Crippen molar-refractivity contribution in [3.8, 4) is 11.4 Å². The number of nitrogens with one attached hydrogen (secondary N) is 1. The van der Waals surface area contributed by atoms with E-state index >= 15 is 0 Å². The summed E-state index contributed by atoms with van der Waals surface area (Å²) in [4.78, 5) is 24.5. The van der Waals surface area contributed by atoms with Crippen LogP contribution in [0.15, 0.2) is 33.8 Å². The lowest BCUT2D eigenvalue weighted by atomic mass is 10.2. The molecule has 1 amide bonds. The summed E-state index contributed by atoms with van der Waals surface area (Å²) in [5.74, 6) is 1.81. The Hall–Kier alpha value is -2.61.